The zero-order valence-electron chi connectivity index (χ0n) is 11.0. The first-order valence-corrected chi connectivity index (χ1v) is 6.67. The number of nitrogens with one attached hydrogen (secondary N) is 1. The SMILES string of the molecule is Cc1c(CN2CCC(NC3CC3)C2=O)cnn1C. The number of hydrogen-bond donors (Lipinski definition) is 1. The second-order valence-corrected chi connectivity index (χ2v) is 5.42. The average Bonchev–Trinajstić information content (AvgIpc) is 3.05. The van der Waals surface area contributed by atoms with Gasteiger partial charge in [-0.3, -0.25) is 9.48 Å². The molecule has 1 amide bonds. The lowest BCUT2D eigenvalue weighted by molar-refractivity contribution is -0.129. The Hall–Kier alpha value is -1.36. The maximum absolute atomic E-state index is 12.2. The van der Waals surface area contributed by atoms with Crippen molar-refractivity contribution in [3.63, 3.8) is 0 Å². The highest BCUT2D eigenvalue weighted by Gasteiger charge is 2.35. The van der Waals surface area contributed by atoms with E-state index in [2.05, 4.69) is 10.4 Å². The zero-order valence-corrected chi connectivity index (χ0v) is 11.0. The van der Waals surface area contributed by atoms with Gasteiger partial charge in [-0.2, -0.15) is 5.10 Å². The Morgan fingerprint density at radius 1 is 1.44 bits per heavy atom. The number of amides is 1. The summed E-state index contributed by atoms with van der Waals surface area (Å²) in [6.07, 6.45) is 5.26. The summed E-state index contributed by atoms with van der Waals surface area (Å²) in [6, 6.07) is 0.647. The quantitative estimate of drug-likeness (QED) is 0.848. The van der Waals surface area contributed by atoms with E-state index in [4.69, 9.17) is 0 Å². The lowest BCUT2D eigenvalue weighted by Gasteiger charge is -2.16. The molecule has 1 aliphatic heterocycles. The van der Waals surface area contributed by atoms with Crippen molar-refractivity contribution in [3.05, 3.63) is 17.5 Å². The van der Waals surface area contributed by atoms with Gasteiger partial charge in [-0.15, -0.1) is 0 Å². The van der Waals surface area contributed by atoms with Crippen LogP contribution in [0, 0.1) is 6.92 Å². The molecule has 1 N–H and O–H groups in total. The number of aryl methyl sites for hydroxylation is 1. The van der Waals surface area contributed by atoms with Crippen molar-refractivity contribution in [2.45, 2.75) is 44.8 Å². The van der Waals surface area contributed by atoms with Crippen LogP contribution >= 0.6 is 0 Å². The molecule has 2 aliphatic rings. The van der Waals surface area contributed by atoms with Crippen molar-refractivity contribution in [1.82, 2.24) is 20.0 Å². The Morgan fingerprint density at radius 2 is 2.22 bits per heavy atom. The van der Waals surface area contributed by atoms with E-state index in [-0.39, 0.29) is 11.9 Å². The summed E-state index contributed by atoms with van der Waals surface area (Å²) in [5.74, 6) is 0.255. The maximum Gasteiger partial charge on any atom is 0.240 e. The molecule has 1 atom stereocenters. The Labute approximate surface area is 107 Å². The lowest BCUT2D eigenvalue weighted by Crippen LogP contribution is -2.39. The molecule has 2 heterocycles. The van der Waals surface area contributed by atoms with E-state index in [1.165, 1.54) is 12.8 Å². The third kappa shape index (κ3) is 2.14. The summed E-state index contributed by atoms with van der Waals surface area (Å²) < 4.78 is 1.86. The summed E-state index contributed by atoms with van der Waals surface area (Å²) in [7, 11) is 1.93. The molecule has 1 aromatic heterocycles. The van der Waals surface area contributed by atoms with Gasteiger partial charge in [0.15, 0.2) is 0 Å². The van der Waals surface area contributed by atoms with Gasteiger partial charge in [-0.25, -0.2) is 0 Å². The molecule has 98 valence electrons. The average molecular weight is 248 g/mol. The normalized spacial score (nSPS) is 24.0. The molecular weight excluding hydrogens is 228 g/mol. The molecule has 1 aliphatic carbocycles. The highest BCUT2D eigenvalue weighted by Crippen LogP contribution is 2.23. The largest absolute Gasteiger partial charge is 0.337 e. The van der Waals surface area contributed by atoms with Gasteiger partial charge in [-0.1, -0.05) is 0 Å². The second kappa shape index (κ2) is 4.39. The molecule has 1 saturated carbocycles. The summed E-state index contributed by atoms with van der Waals surface area (Å²) in [5, 5.41) is 7.65. The van der Waals surface area contributed by atoms with Crippen LogP contribution in [0.15, 0.2) is 6.20 Å². The van der Waals surface area contributed by atoms with Crippen molar-refractivity contribution in [1.29, 1.82) is 0 Å². The molecular formula is C13H20N4O. The fraction of sp³-hybridized carbons (Fsp3) is 0.692. The van der Waals surface area contributed by atoms with Gasteiger partial charge < -0.3 is 10.2 Å². The number of carbonyl (C=O) groups excluding carboxylic acids is 1. The molecule has 0 aromatic carbocycles. The molecule has 5 nitrogen and oxygen atoms in total. The molecule has 1 unspecified atom stereocenters. The predicted molar refractivity (Wildman–Crippen MR) is 67.9 cm³/mol. The van der Waals surface area contributed by atoms with Crippen LogP contribution in [0.25, 0.3) is 0 Å². The van der Waals surface area contributed by atoms with Crippen molar-refractivity contribution < 1.29 is 4.79 Å². The molecule has 2 fully saturated rings. The minimum absolute atomic E-state index is 0.0504. The van der Waals surface area contributed by atoms with E-state index in [1.807, 2.05) is 29.7 Å². The Bertz CT molecular complexity index is 464. The molecule has 18 heavy (non-hydrogen) atoms. The first kappa shape index (κ1) is 11.7. The third-order valence-corrected chi connectivity index (χ3v) is 4.01. The van der Waals surface area contributed by atoms with Gasteiger partial charge in [0.05, 0.1) is 12.2 Å². The Balaban J connectivity index is 1.63. The fourth-order valence-corrected chi connectivity index (χ4v) is 2.49. The van der Waals surface area contributed by atoms with Crippen molar-refractivity contribution in [2.75, 3.05) is 6.54 Å². The topological polar surface area (TPSA) is 50.2 Å². The van der Waals surface area contributed by atoms with Crippen molar-refractivity contribution >= 4 is 5.91 Å². The smallest absolute Gasteiger partial charge is 0.240 e. The van der Waals surface area contributed by atoms with Crippen LogP contribution < -0.4 is 5.32 Å². The number of carbonyl (C=O) groups is 1. The van der Waals surface area contributed by atoms with Gasteiger partial charge in [0.2, 0.25) is 5.91 Å². The maximum atomic E-state index is 12.2. The van der Waals surface area contributed by atoms with Gasteiger partial charge >= 0.3 is 0 Å². The minimum Gasteiger partial charge on any atom is -0.337 e. The standard InChI is InChI=1S/C13H20N4O/c1-9-10(7-14-16(9)2)8-17-6-5-12(13(17)18)15-11-3-4-11/h7,11-12,15H,3-6,8H2,1-2H3. The van der Waals surface area contributed by atoms with Gasteiger partial charge in [0, 0.05) is 37.4 Å². The van der Waals surface area contributed by atoms with Gasteiger partial charge in [-0.05, 0) is 26.2 Å². The number of nitrogens with zero attached hydrogens (tertiary/aromatic N) is 3. The van der Waals surface area contributed by atoms with Crippen molar-refractivity contribution in [3.8, 4) is 0 Å². The summed E-state index contributed by atoms with van der Waals surface area (Å²) in [6.45, 7) is 3.60. The van der Waals surface area contributed by atoms with Crippen LogP contribution in [0.3, 0.4) is 0 Å². The molecule has 1 saturated heterocycles. The number of hydrogen-bond acceptors (Lipinski definition) is 3. The molecule has 5 heteroatoms. The van der Waals surface area contributed by atoms with Crippen LogP contribution in [0.5, 0.6) is 0 Å². The molecule has 3 rings (SSSR count). The van der Waals surface area contributed by atoms with Crippen LogP contribution in [0.4, 0.5) is 0 Å². The second-order valence-electron chi connectivity index (χ2n) is 5.42. The summed E-state index contributed by atoms with van der Waals surface area (Å²) in [5.41, 5.74) is 2.29. The highest BCUT2D eigenvalue weighted by molar-refractivity contribution is 5.84. The number of aromatic nitrogens is 2. The first-order chi connectivity index (χ1) is 8.65. The molecule has 0 bridgehead atoms. The number of rotatable bonds is 4. The van der Waals surface area contributed by atoms with Crippen LogP contribution in [0.2, 0.25) is 0 Å². The minimum atomic E-state index is 0.0504. The summed E-state index contributed by atoms with van der Waals surface area (Å²) >= 11 is 0. The highest BCUT2D eigenvalue weighted by atomic mass is 16.2. The van der Waals surface area contributed by atoms with E-state index in [9.17, 15) is 4.79 Å². The van der Waals surface area contributed by atoms with E-state index in [0.29, 0.717) is 12.6 Å². The molecule has 1 aromatic rings. The Morgan fingerprint density at radius 3 is 2.83 bits per heavy atom. The lowest BCUT2D eigenvalue weighted by atomic mass is 10.2. The summed E-state index contributed by atoms with van der Waals surface area (Å²) in [4.78, 5) is 14.2. The number of likely N-dealkylation sites (tertiary alicyclic amines) is 1. The van der Waals surface area contributed by atoms with Gasteiger partial charge in [0.1, 0.15) is 0 Å². The van der Waals surface area contributed by atoms with E-state index >= 15 is 0 Å². The molecule has 0 spiro atoms. The van der Waals surface area contributed by atoms with Crippen molar-refractivity contribution in [2.24, 2.45) is 7.05 Å². The molecule has 0 radical (unpaired) electrons. The van der Waals surface area contributed by atoms with Crippen LogP contribution in [-0.4, -0.2) is 39.2 Å². The van der Waals surface area contributed by atoms with E-state index < -0.39 is 0 Å². The van der Waals surface area contributed by atoms with Crippen LogP contribution in [0.1, 0.15) is 30.5 Å². The Kier molecular flexibility index (Phi) is 2.86. The third-order valence-electron chi connectivity index (χ3n) is 4.01. The van der Waals surface area contributed by atoms with Gasteiger partial charge in [0.25, 0.3) is 0 Å². The zero-order chi connectivity index (χ0) is 12.7. The predicted octanol–water partition coefficient (Wildman–Crippen LogP) is 0.581. The van der Waals surface area contributed by atoms with Crippen LogP contribution in [-0.2, 0) is 18.4 Å². The monoisotopic (exact) mass is 248 g/mol. The fourth-order valence-electron chi connectivity index (χ4n) is 2.49. The van der Waals surface area contributed by atoms with E-state index in [1.54, 1.807) is 0 Å². The first-order valence-electron chi connectivity index (χ1n) is 6.67. The van der Waals surface area contributed by atoms with E-state index in [0.717, 1.165) is 24.2 Å².